The molecule has 25 heavy (non-hydrogen) atoms. The molecule has 0 unspecified atom stereocenters. The van der Waals surface area contributed by atoms with E-state index in [4.69, 9.17) is 4.74 Å². The Balaban J connectivity index is 2.10. The van der Waals surface area contributed by atoms with Gasteiger partial charge in [0.2, 0.25) is 0 Å². The third-order valence-corrected chi connectivity index (χ3v) is 5.35. The van der Waals surface area contributed by atoms with E-state index >= 15 is 0 Å². The van der Waals surface area contributed by atoms with Crippen LogP contribution >= 0.6 is 11.3 Å². The highest BCUT2D eigenvalue weighted by Gasteiger charge is 2.10. The number of carbonyl (C=O) groups is 1. The van der Waals surface area contributed by atoms with Crippen molar-refractivity contribution in [1.29, 1.82) is 0 Å². The Morgan fingerprint density at radius 2 is 1.92 bits per heavy atom. The third-order valence-electron chi connectivity index (χ3n) is 4.31. The first-order valence-electron chi connectivity index (χ1n) is 8.25. The Labute approximate surface area is 151 Å². The molecule has 0 N–H and O–H groups in total. The number of nitrogens with zero attached hydrogens (tertiary/aromatic N) is 2. The number of thiazole rings is 1. The fourth-order valence-electron chi connectivity index (χ4n) is 2.69. The molecule has 1 aromatic heterocycles. The number of aryl methyl sites for hydroxylation is 3. The minimum atomic E-state index is -0.211. The van der Waals surface area contributed by atoms with Gasteiger partial charge in [0.05, 0.1) is 16.8 Å². The maximum Gasteiger partial charge on any atom is 0.279 e. The molecule has 1 heterocycles. The molecule has 3 aromatic rings. The maximum absolute atomic E-state index is 12.6. The number of aromatic nitrogens is 1. The molecule has 1 amide bonds. The van der Waals surface area contributed by atoms with Crippen LogP contribution in [-0.4, -0.2) is 24.2 Å². The van der Waals surface area contributed by atoms with Crippen LogP contribution in [0.4, 0.5) is 0 Å². The molecular formula is C20H22N2O2S. The Morgan fingerprint density at radius 1 is 1.12 bits per heavy atom. The largest absolute Gasteiger partial charge is 0.383 e. The second-order valence-electron chi connectivity index (χ2n) is 6.22. The van der Waals surface area contributed by atoms with Crippen molar-refractivity contribution in [2.45, 2.75) is 27.3 Å². The molecule has 0 aliphatic heterocycles. The molecule has 3 rings (SSSR count). The van der Waals surface area contributed by atoms with Gasteiger partial charge in [-0.2, -0.15) is 4.99 Å². The second kappa shape index (κ2) is 7.33. The fraction of sp³-hybridized carbons (Fsp3) is 0.300. The number of fused-ring (bicyclic) bond motifs is 1. The van der Waals surface area contributed by atoms with Crippen LogP contribution in [0.15, 0.2) is 41.4 Å². The van der Waals surface area contributed by atoms with Gasteiger partial charge in [0.15, 0.2) is 4.80 Å². The average molecular weight is 354 g/mol. The number of benzene rings is 2. The van der Waals surface area contributed by atoms with Crippen LogP contribution < -0.4 is 4.80 Å². The SMILES string of the molecule is COCCn1c(=NC(=O)c2ccc(C)c(C)c2)sc2cc(C)ccc21. The number of carbonyl (C=O) groups excluding carboxylic acids is 1. The van der Waals surface area contributed by atoms with Crippen LogP contribution in [0.5, 0.6) is 0 Å². The lowest BCUT2D eigenvalue weighted by Crippen LogP contribution is -2.19. The minimum absolute atomic E-state index is 0.211. The Bertz CT molecular complexity index is 999. The van der Waals surface area contributed by atoms with E-state index < -0.39 is 0 Å². The third kappa shape index (κ3) is 3.72. The number of amides is 1. The molecule has 0 aliphatic carbocycles. The van der Waals surface area contributed by atoms with E-state index in [2.05, 4.69) is 34.7 Å². The number of ether oxygens (including phenoxy) is 1. The lowest BCUT2D eigenvalue weighted by molar-refractivity contribution is 0.0997. The van der Waals surface area contributed by atoms with E-state index in [0.29, 0.717) is 23.5 Å². The summed E-state index contributed by atoms with van der Waals surface area (Å²) in [6, 6.07) is 12.0. The standard InChI is InChI=1S/C20H22N2O2S/c1-13-5-8-17-18(11-13)25-20(22(17)9-10-24-4)21-19(23)16-7-6-14(2)15(3)12-16/h5-8,11-12H,9-10H2,1-4H3. The van der Waals surface area contributed by atoms with Crippen molar-refractivity contribution in [2.75, 3.05) is 13.7 Å². The predicted octanol–water partition coefficient (Wildman–Crippen LogP) is 4.02. The van der Waals surface area contributed by atoms with E-state index in [1.54, 1.807) is 7.11 Å². The van der Waals surface area contributed by atoms with Gasteiger partial charge in [-0.25, -0.2) is 0 Å². The molecule has 2 aromatic carbocycles. The topological polar surface area (TPSA) is 43.6 Å². The Hall–Kier alpha value is -2.24. The molecule has 0 saturated heterocycles. The van der Waals surface area contributed by atoms with E-state index in [0.717, 1.165) is 15.8 Å². The van der Waals surface area contributed by atoms with Gasteiger partial charge in [-0.1, -0.05) is 23.5 Å². The summed E-state index contributed by atoms with van der Waals surface area (Å²) < 4.78 is 8.40. The van der Waals surface area contributed by atoms with E-state index in [1.807, 2.05) is 32.0 Å². The summed E-state index contributed by atoms with van der Waals surface area (Å²) in [6.45, 7) is 7.35. The smallest absolute Gasteiger partial charge is 0.279 e. The zero-order valence-corrected chi connectivity index (χ0v) is 15.8. The zero-order chi connectivity index (χ0) is 18.0. The van der Waals surface area contributed by atoms with E-state index in [-0.39, 0.29) is 5.91 Å². The van der Waals surface area contributed by atoms with Crippen molar-refractivity contribution >= 4 is 27.5 Å². The van der Waals surface area contributed by atoms with Gasteiger partial charge in [0.25, 0.3) is 5.91 Å². The number of rotatable bonds is 4. The van der Waals surface area contributed by atoms with E-state index in [1.165, 1.54) is 22.5 Å². The lowest BCUT2D eigenvalue weighted by atomic mass is 10.1. The lowest BCUT2D eigenvalue weighted by Gasteiger charge is -2.05. The highest BCUT2D eigenvalue weighted by atomic mass is 32.1. The summed E-state index contributed by atoms with van der Waals surface area (Å²) in [5.41, 5.74) is 5.17. The fourth-order valence-corrected chi connectivity index (χ4v) is 3.84. The monoisotopic (exact) mass is 354 g/mol. The zero-order valence-electron chi connectivity index (χ0n) is 15.0. The normalized spacial score (nSPS) is 12.1. The summed E-state index contributed by atoms with van der Waals surface area (Å²) in [5.74, 6) is -0.211. The van der Waals surface area contributed by atoms with Crippen molar-refractivity contribution in [1.82, 2.24) is 4.57 Å². The van der Waals surface area contributed by atoms with Gasteiger partial charge < -0.3 is 9.30 Å². The first-order valence-corrected chi connectivity index (χ1v) is 9.06. The van der Waals surface area contributed by atoms with Gasteiger partial charge in [0, 0.05) is 19.2 Å². The Kier molecular flexibility index (Phi) is 5.16. The van der Waals surface area contributed by atoms with Crippen LogP contribution in [0, 0.1) is 20.8 Å². The predicted molar refractivity (Wildman–Crippen MR) is 102 cm³/mol. The Morgan fingerprint density at radius 3 is 2.64 bits per heavy atom. The summed E-state index contributed by atoms with van der Waals surface area (Å²) in [4.78, 5) is 17.8. The summed E-state index contributed by atoms with van der Waals surface area (Å²) in [5, 5.41) is 0. The molecule has 0 radical (unpaired) electrons. The average Bonchev–Trinajstić information content (AvgIpc) is 2.91. The highest BCUT2D eigenvalue weighted by Crippen LogP contribution is 2.19. The summed E-state index contributed by atoms with van der Waals surface area (Å²) in [7, 11) is 1.68. The van der Waals surface area contributed by atoms with Crippen molar-refractivity contribution in [2.24, 2.45) is 4.99 Å². The van der Waals surface area contributed by atoms with Crippen molar-refractivity contribution < 1.29 is 9.53 Å². The van der Waals surface area contributed by atoms with Gasteiger partial charge in [-0.05, 0) is 61.7 Å². The number of hydrogen-bond acceptors (Lipinski definition) is 3. The van der Waals surface area contributed by atoms with Crippen LogP contribution in [0.25, 0.3) is 10.2 Å². The second-order valence-corrected chi connectivity index (χ2v) is 7.23. The van der Waals surface area contributed by atoms with Crippen LogP contribution in [-0.2, 0) is 11.3 Å². The summed E-state index contributed by atoms with van der Waals surface area (Å²) >= 11 is 1.54. The van der Waals surface area contributed by atoms with Gasteiger partial charge in [-0.15, -0.1) is 0 Å². The number of methoxy groups -OCH3 is 1. The van der Waals surface area contributed by atoms with Crippen molar-refractivity contribution in [3.8, 4) is 0 Å². The molecule has 0 spiro atoms. The van der Waals surface area contributed by atoms with Crippen LogP contribution in [0.2, 0.25) is 0 Å². The first kappa shape index (κ1) is 17.6. The molecule has 0 atom stereocenters. The first-order chi connectivity index (χ1) is 12.0. The molecular weight excluding hydrogens is 332 g/mol. The molecule has 0 saturated carbocycles. The van der Waals surface area contributed by atoms with Gasteiger partial charge >= 0.3 is 0 Å². The molecule has 5 heteroatoms. The highest BCUT2D eigenvalue weighted by molar-refractivity contribution is 7.16. The molecule has 0 bridgehead atoms. The molecule has 130 valence electrons. The van der Waals surface area contributed by atoms with Crippen LogP contribution in [0.1, 0.15) is 27.0 Å². The number of hydrogen-bond donors (Lipinski definition) is 0. The molecule has 0 aliphatic rings. The van der Waals surface area contributed by atoms with Crippen molar-refractivity contribution in [3.63, 3.8) is 0 Å². The molecule has 0 fully saturated rings. The van der Waals surface area contributed by atoms with Gasteiger partial charge in [0.1, 0.15) is 0 Å². The quantitative estimate of drug-likeness (QED) is 0.710. The van der Waals surface area contributed by atoms with Crippen molar-refractivity contribution in [3.05, 3.63) is 63.5 Å². The minimum Gasteiger partial charge on any atom is -0.383 e. The van der Waals surface area contributed by atoms with Gasteiger partial charge in [-0.3, -0.25) is 4.79 Å². The summed E-state index contributed by atoms with van der Waals surface area (Å²) in [6.07, 6.45) is 0. The van der Waals surface area contributed by atoms with Crippen LogP contribution in [0.3, 0.4) is 0 Å². The maximum atomic E-state index is 12.6. The van der Waals surface area contributed by atoms with E-state index in [9.17, 15) is 4.79 Å². The molecule has 4 nitrogen and oxygen atoms in total.